The molecule has 19 heteroatoms. The summed E-state index contributed by atoms with van der Waals surface area (Å²) < 4.78 is 31.9. The lowest BCUT2D eigenvalue weighted by Gasteiger charge is -1.89. The SMILES string of the molecule is ClCc1nc2ccccn2n1.NOS(=O)(=O)O.Nc1cccc[n+]1N.Nc1ccccn1.O=C(Cl)CCl.[I-]. The topological polar surface area (TPSA) is 232 Å². The molecule has 0 spiro atoms. The van der Waals surface area contributed by atoms with Crippen molar-refractivity contribution in [2.75, 3.05) is 23.2 Å². The van der Waals surface area contributed by atoms with Crippen molar-refractivity contribution in [2.24, 2.45) is 5.90 Å². The Morgan fingerprint density at radius 1 is 1.08 bits per heavy atom. The zero-order valence-corrected chi connectivity index (χ0v) is 24.6. The Balaban J connectivity index is 0. The average Bonchev–Trinajstić information content (AvgIpc) is 3.31. The molecule has 0 radical (unpaired) electrons. The molecule has 0 saturated heterocycles. The van der Waals surface area contributed by atoms with Crippen LogP contribution in [0, 0.1) is 0 Å². The molecule has 0 fully saturated rings. The molecule has 0 saturated carbocycles. The number of alkyl halides is 2. The number of nitrogen functional groups attached to an aromatic ring is 3. The van der Waals surface area contributed by atoms with Crippen LogP contribution < -0.4 is 51.9 Å². The predicted molar refractivity (Wildman–Crippen MR) is 141 cm³/mol. The number of aromatic nitrogens is 5. The van der Waals surface area contributed by atoms with Crippen LogP contribution in [0.4, 0.5) is 11.6 Å². The van der Waals surface area contributed by atoms with Gasteiger partial charge in [0.2, 0.25) is 5.24 Å². The molecule has 0 aromatic carbocycles. The molecule has 4 aromatic rings. The quantitative estimate of drug-likeness (QED) is 0.0296. The number of rotatable bonds is 3. The van der Waals surface area contributed by atoms with Gasteiger partial charge >= 0.3 is 10.4 Å². The molecule has 0 amide bonds. The molecule has 4 rings (SSSR count). The Morgan fingerprint density at radius 3 is 2.00 bits per heavy atom. The molecule has 0 aliphatic rings. The van der Waals surface area contributed by atoms with Crippen molar-refractivity contribution in [3.8, 4) is 0 Å². The highest BCUT2D eigenvalue weighted by atomic mass is 127. The number of fused-ring (bicyclic) bond motifs is 1. The van der Waals surface area contributed by atoms with Crippen LogP contribution >= 0.6 is 34.8 Å². The molecule has 0 unspecified atom stereocenters. The fraction of sp³-hybridized carbons (Fsp3) is 0.105. The molecule has 14 nitrogen and oxygen atoms in total. The fourth-order valence-corrected chi connectivity index (χ4v) is 1.89. The molecule has 0 aliphatic heterocycles. The van der Waals surface area contributed by atoms with E-state index < -0.39 is 15.6 Å². The zero-order chi connectivity index (χ0) is 28.3. The minimum Gasteiger partial charge on any atom is -1.00 e. The van der Waals surface area contributed by atoms with Gasteiger partial charge in [-0.25, -0.2) is 14.5 Å². The summed E-state index contributed by atoms with van der Waals surface area (Å²) in [5, 5.41) is 3.60. The van der Waals surface area contributed by atoms with Crippen LogP contribution in [-0.4, -0.2) is 43.7 Å². The van der Waals surface area contributed by atoms with Gasteiger partial charge < -0.3 is 29.7 Å². The van der Waals surface area contributed by atoms with Gasteiger partial charge in [-0.05, 0) is 41.9 Å². The van der Waals surface area contributed by atoms with E-state index in [0.717, 1.165) is 5.65 Å². The molecule has 38 heavy (non-hydrogen) atoms. The van der Waals surface area contributed by atoms with Crippen molar-refractivity contribution >= 4 is 67.7 Å². The molecular formula is C19H25Cl3IN9O5S. The number of nitrogens with zero attached hydrogens (tertiary/aromatic N) is 5. The molecule has 210 valence electrons. The molecule has 0 atom stereocenters. The first-order valence-corrected chi connectivity index (χ1v) is 12.4. The van der Waals surface area contributed by atoms with Crippen molar-refractivity contribution in [3.05, 3.63) is 79.0 Å². The first-order chi connectivity index (χ1) is 17.4. The molecule has 4 heterocycles. The van der Waals surface area contributed by atoms with Crippen LogP contribution in [-0.2, 0) is 25.4 Å². The van der Waals surface area contributed by atoms with Gasteiger partial charge in [-0.2, -0.15) is 23.7 Å². The summed E-state index contributed by atoms with van der Waals surface area (Å²) >= 11 is 15.1. The lowest BCUT2D eigenvalue weighted by atomic mass is 10.5. The van der Waals surface area contributed by atoms with E-state index in [0.29, 0.717) is 23.3 Å². The zero-order valence-electron chi connectivity index (χ0n) is 19.4. The first kappa shape index (κ1) is 37.6. The second-order valence-corrected chi connectivity index (χ2v) is 7.97. The van der Waals surface area contributed by atoms with E-state index in [4.69, 9.17) is 56.7 Å². The molecule has 0 aliphatic carbocycles. The second kappa shape index (κ2) is 21.4. The lowest BCUT2D eigenvalue weighted by Crippen LogP contribution is -3.00. The van der Waals surface area contributed by atoms with Gasteiger partial charge in [0.1, 0.15) is 12.0 Å². The molecule has 4 aromatic heterocycles. The van der Waals surface area contributed by atoms with Crippen LogP contribution in [0.1, 0.15) is 5.82 Å². The van der Waals surface area contributed by atoms with Crippen molar-refractivity contribution in [3.63, 3.8) is 0 Å². The fourth-order valence-electron chi connectivity index (χ4n) is 1.78. The van der Waals surface area contributed by atoms with Gasteiger partial charge in [-0.3, -0.25) is 20.9 Å². The number of pyridine rings is 3. The molecule has 0 bridgehead atoms. The maximum atomic E-state index is 9.45. The number of nitrogens with two attached hydrogens (primary N) is 4. The van der Waals surface area contributed by atoms with Crippen molar-refractivity contribution in [2.45, 2.75) is 5.88 Å². The number of hydrogen-bond acceptors (Lipinski definition) is 11. The van der Waals surface area contributed by atoms with Crippen LogP contribution in [0.5, 0.6) is 0 Å². The van der Waals surface area contributed by atoms with Gasteiger partial charge in [0.05, 0.1) is 11.8 Å². The van der Waals surface area contributed by atoms with Crippen LogP contribution in [0.15, 0.2) is 73.2 Å². The van der Waals surface area contributed by atoms with Crippen LogP contribution in [0.3, 0.4) is 0 Å². The Labute approximate surface area is 250 Å². The third-order valence-electron chi connectivity index (χ3n) is 3.24. The van der Waals surface area contributed by atoms with E-state index in [1.54, 1.807) is 29.0 Å². The summed E-state index contributed by atoms with van der Waals surface area (Å²) in [6.45, 7) is 0. The minimum atomic E-state index is -4.38. The van der Waals surface area contributed by atoms with Crippen LogP contribution in [0.25, 0.3) is 5.65 Å². The van der Waals surface area contributed by atoms with E-state index in [2.05, 4.69) is 25.2 Å². The smallest absolute Gasteiger partial charge is 0.413 e. The second-order valence-electron chi connectivity index (χ2n) is 5.97. The predicted octanol–water partition coefficient (Wildman–Crippen LogP) is -1.92. The van der Waals surface area contributed by atoms with Gasteiger partial charge in [-0.15, -0.1) is 27.9 Å². The first-order valence-electron chi connectivity index (χ1n) is 9.57. The summed E-state index contributed by atoms with van der Waals surface area (Å²) in [6.07, 6.45) is 5.20. The van der Waals surface area contributed by atoms with Gasteiger partial charge in [0.25, 0.3) is 5.82 Å². The highest BCUT2D eigenvalue weighted by Crippen LogP contribution is 2.01. The van der Waals surface area contributed by atoms with E-state index in [9.17, 15) is 13.2 Å². The molecule has 9 N–H and O–H groups in total. The van der Waals surface area contributed by atoms with Crippen molar-refractivity contribution in [1.29, 1.82) is 0 Å². The number of hydrogen-bond donors (Lipinski definition) is 5. The summed E-state index contributed by atoms with van der Waals surface area (Å²) in [5.74, 6) is 11.3. The number of halogens is 4. The summed E-state index contributed by atoms with van der Waals surface area (Å²) in [4.78, 5) is 17.4. The monoisotopic (exact) mass is 723 g/mol. The van der Waals surface area contributed by atoms with Crippen molar-refractivity contribution < 1.29 is 50.7 Å². The number of carbonyl (C=O) groups is 1. The maximum absolute atomic E-state index is 9.45. The highest BCUT2D eigenvalue weighted by Gasteiger charge is 1.98. The van der Waals surface area contributed by atoms with E-state index in [-0.39, 0.29) is 29.9 Å². The lowest BCUT2D eigenvalue weighted by molar-refractivity contribution is -0.623. The minimum absolute atomic E-state index is 0. The summed E-state index contributed by atoms with van der Waals surface area (Å²) in [6, 6.07) is 16.5. The Bertz CT molecular complexity index is 1250. The van der Waals surface area contributed by atoms with Gasteiger partial charge in [0, 0.05) is 18.5 Å². The Hall–Kier alpha value is -2.58. The summed E-state index contributed by atoms with van der Waals surface area (Å²) in [5.41, 5.74) is 11.4. The van der Waals surface area contributed by atoms with Crippen molar-refractivity contribution in [1.82, 2.24) is 19.6 Å². The Kier molecular flexibility index (Phi) is 21.1. The number of carbonyl (C=O) groups excluding carboxylic acids is 1. The third-order valence-corrected chi connectivity index (χ3v) is 4.24. The van der Waals surface area contributed by atoms with Gasteiger partial charge in [0.15, 0.2) is 11.5 Å². The average molecular weight is 725 g/mol. The highest BCUT2D eigenvalue weighted by molar-refractivity contribution is 7.80. The standard InChI is InChI=1S/C7H6ClN3.C5H7N3.C5H6N2.C2H2Cl2O.HI.H3NO4S/c8-5-6-9-7-3-1-2-4-11(7)10-6;6-5-3-1-2-4-8(5)7;6-5-3-1-2-4-7-5;3-1-2(4)5;;1-5-6(2,3)4/h1-4H,5H2;1-4,6H,7H2;1-4H,(H2,6,7);1H2;1H;1H2,(H,2,3,4). The van der Waals surface area contributed by atoms with E-state index in [1.165, 1.54) is 4.68 Å². The maximum Gasteiger partial charge on any atom is 0.413 e. The summed E-state index contributed by atoms with van der Waals surface area (Å²) in [7, 11) is -4.38. The normalized spacial score (nSPS) is 9.39. The number of anilines is 2. The largest absolute Gasteiger partial charge is 1.00 e. The van der Waals surface area contributed by atoms with Crippen LogP contribution in [0.2, 0.25) is 0 Å². The van der Waals surface area contributed by atoms with Gasteiger partial charge in [-0.1, -0.05) is 18.2 Å². The third kappa shape index (κ3) is 19.5. The van der Waals surface area contributed by atoms with E-state index in [1.807, 2.05) is 48.7 Å². The van der Waals surface area contributed by atoms with E-state index >= 15 is 0 Å². The Morgan fingerprint density at radius 2 is 1.66 bits per heavy atom. The molecular weight excluding hydrogens is 700 g/mol.